The summed E-state index contributed by atoms with van der Waals surface area (Å²) in [5.41, 5.74) is 0.697. The molecule has 1 atom stereocenters. The normalized spacial score (nSPS) is 22.5. The smallest absolute Gasteiger partial charge is 0.264 e. The van der Waals surface area contributed by atoms with Crippen molar-refractivity contribution in [3.8, 4) is 0 Å². The molecule has 6 nitrogen and oxygen atoms in total. The molecule has 90 valence electrons. The number of rotatable bonds is 1. The summed E-state index contributed by atoms with van der Waals surface area (Å²) < 4.78 is 0. The maximum absolute atomic E-state index is 10.6. The topological polar surface area (TPSA) is 98.5 Å². The van der Waals surface area contributed by atoms with Gasteiger partial charge in [0.15, 0.2) is 0 Å². The number of imide groups is 1. The number of carbonyl (C=O) groups excluding carboxylic acids is 3. The molecule has 0 radical (unpaired) electrons. The lowest BCUT2D eigenvalue weighted by Crippen LogP contribution is -2.26. The van der Waals surface area contributed by atoms with Gasteiger partial charge in [0.2, 0.25) is 0 Å². The van der Waals surface area contributed by atoms with E-state index in [1.165, 1.54) is 0 Å². The van der Waals surface area contributed by atoms with Gasteiger partial charge in [0.25, 0.3) is 11.8 Å². The molecule has 0 saturated carbocycles. The van der Waals surface area contributed by atoms with Gasteiger partial charge in [0, 0.05) is 18.6 Å². The lowest BCUT2D eigenvalue weighted by Gasteiger charge is -2.00. The van der Waals surface area contributed by atoms with Gasteiger partial charge < -0.3 is 10.2 Å². The van der Waals surface area contributed by atoms with Crippen molar-refractivity contribution in [2.45, 2.75) is 12.8 Å². The van der Waals surface area contributed by atoms with Crippen molar-refractivity contribution in [1.82, 2.24) is 5.06 Å². The average molecular weight is 236 g/mol. The van der Waals surface area contributed by atoms with Gasteiger partial charge in [-0.3, -0.25) is 14.8 Å². The molecule has 2 rings (SSSR count). The fourth-order valence-corrected chi connectivity index (χ4v) is 1.26. The zero-order valence-corrected chi connectivity index (χ0v) is 9.00. The highest BCUT2D eigenvalue weighted by Crippen LogP contribution is 2.14. The fourth-order valence-electron chi connectivity index (χ4n) is 1.26. The number of hydrogen-bond acceptors (Lipinski definition) is 5. The van der Waals surface area contributed by atoms with Crippen molar-refractivity contribution < 1.29 is 19.6 Å². The molecule has 6 heteroatoms. The van der Waals surface area contributed by atoms with E-state index in [2.05, 4.69) is 0 Å². The molecular weight excluding hydrogens is 224 g/mol. The summed E-state index contributed by atoms with van der Waals surface area (Å²) in [6.07, 6.45) is 8.57. The minimum Gasteiger partial charge on any atom is -0.305 e. The van der Waals surface area contributed by atoms with Crippen LogP contribution >= 0.6 is 0 Å². The molecule has 17 heavy (non-hydrogen) atoms. The van der Waals surface area contributed by atoms with E-state index in [-0.39, 0.29) is 11.5 Å². The first-order valence-electron chi connectivity index (χ1n) is 4.98. The number of hydrogen-bond donors (Lipinski definition) is 2. The molecule has 1 unspecified atom stereocenters. The Morgan fingerprint density at radius 2 is 2.12 bits per heavy atom. The molecule has 0 aromatic rings. The molecular formula is C11H12N2O4. The van der Waals surface area contributed by atoms with E-state index in [1.807, 2.05) is 18.2 Å². The molecule has 1 aliphatic carbocycles. The minimum atomic E-state index is -0.975. The molecule has 2 amide bonds. The molecule has 1 heterocycles. The van der Waals surface area contributed by atoms with E-state index < -0.39 is 17.7 Å². The van der Waals surface area contributed by atoms with Crippen LogP contribution in [0.2, 0.25) is 0 Å². The lowest BCUT2D eigenvalue weighted by atomic mass is 10.1. The van der Waals surface area contributed by atoms with Gasteiger partial charge >= 0.3 is 0 Å². The number of amides is 2. The molecule has 2 N–H and O–H groups in total. The van der Waals surface area contributed by atoms with Crippen LogP contribution in [0.5, 0.6) is 0 Å². The summed E-state index contributed by atoms with van der Waals surface area (Å²) in [5.74, 6) is -2.53. The van der Waals surface area contributed by atoms with Crippen LogP contribution in [0, 0.1) is 11.3 Å². The Morgan fingerprint density at radius 3 is 2.35 bits per heavy atom. The van der Waals surface area contributed by atoms with Crippen LogP contribution in [0.3, 0.4) is 0 Å². The monoisotopic (exact) mass is 236 g/mol. The van der Waals surface area contributed by atoms with Crippen molar-refractivity contribution >= 4 is 23.8 Å². The van der Waals surface area contributed by atoms with Gasteiger partial charge in [-0.2, -0.15) is 5.06 Å². The number of carbonyl (C=O) groups is 3. The van der Waals surface area contributed by atoms with Crippen LogP contribution in [-0.2, 0) is 14.4 Å². The van der Waals surface area contributed by atoms with E-state index in [0.29, 0.717) is 12.0 Å². The van der Waals surface area contributed by atoms with Gasteiger partial charge in [-0.1, -0.05) is 18.2 Å². The highest BCUT2D eigenvalue weighted by atomic mass is 16.5. The van der Waals surface area contributed by atoms with E-state index >= 15 is 0 Å². The zero-order valence-electron chi connectivity index (χ0n) is 9.00. The number of allylic oxidation sites excluding steroid dienone is 4. The highest BCUT2D eigenvalue weighted by Gasteiger charge is 2.37. The predicted molar refractivity (Wildman–Crippen MR) is 58.4 cm³/mol. The Hall–Kier alpha value is -2.08. The standard InChI is InChI=1S/C6H7N.C5H5NO4/c7-6-4-2-1-3-5-6;7-2-3-1-4(8)6(10)5(3)9/h1-4,7H,5H2;2-3,10H,1H2. The summed E-state index contributed by atoms with van der Waals surface area (Å²) in [4.78, 5) is 31.0. The van der Waals surface area contributed by atoms with E-state index in [0.717, 1.165) is 6.42 Å². The summed E-state index contributed by atoms with van der Waals surface area (Å²) in [6.45, 7) is 0. The number of hydroxylamine groups is 2. The molecule has 0 aromatic carbocycles. The van der Waals surface area contributed by atoms with Crippen molar-refractivity contribution in [2.24, 2.45) is 5.92 Å². The maximum Gasteiger partial charge on any atom is 0.264 e. The quantitative estimate of drug-likeness (QED) is 0.299. The van der Waals surface area contributed by atoms with Gasteiger partial charge in [-0.05, 0) is 6.08 Å². The SMILES string of the molecule is N=C1C=CC=CC1.O=CC1CC(=O)N(O)C1=O. The number of nitrogens with zero attached hydrogens (tertiary/aromatic N) is 1. The summed E-state index contributed by atoms with van der Waals surface area (Å²) in [7, 11) is 0. The first-order chi connectivity index (χ1) is 8.06. The summed E-state index contributed by atoms with van der Waals surface area (Å²) in [5, 5.41) is 15.6. The van der Waals surface area contributed by atoms with Gasteiger partial charge in [0.05, 0.1) is 0 Å². The van der Waals surface area contributed by atoms with Gasteiger partial charge in [0.1, 0.15) is 12.2 Å². The molecule has 0 aromatic heterocycles. The van der Waals surface area contributed by atoms with Crippen LogP contribution in [0.25, 0.3) is 0 Å². The molecule has 1 saturated heterocycles. The van der Waals surface area contributed by atoms with Crippen molar-refractivity contribution in [3.05, 3.63) is 24.3 Å². The first kappa shape index (κ1) is 13.0. The van der Waals surface area contributed by atoms with Crippen molar-refractivity contribution in [3.63, 3.8) is 0 Å². The molecule has 0 bridgehead atoms. The van der Waals surface area contributed by atoms with Crippen LogP contribution in [-0.4, -0.2) is 34.1 Å². The Balaban J connectivity index is 0.000000181. The maximum atomic E-state index is 10.6. The van der Waals surface area contributed by atoms with E-state index in [1.54, 1.807) is 6.08 Å². The number of aldehydes is 1. The van der Waals surface area contributed by atoms with Crippen LogP contribution < -0.4 is 0 Å². The highest BCUT2D eigenvalue weighted by molar-refractivity contribution is 6.08. The van der Waals surface area contributed by atoms with Crippen molar-refractivity contribution in [1.29, 1.82) is 5.41 Å². The Labute approximate surface area is 97.7 Å². The fraction of sp³-hybridized carbons (Fsp3) is 0.273. The summed E-state index contributed by atoms with van der Waals surface area (Å²) >= 11 is 0. The minimum absolute atomic E-state index is 0.0148. The Bertz CT molecular complexity index is 412. The lowest BCUT2D eigenvalue weighted by molar-refractivity contribution is -0.172. The number of nitrogens with one attached hydrogen (secondary N) is 1. The van der Waals surface area contributed by atoms with E-state index in [9.17, 15) is 14.4 Å². The predicted octanol–water partition coefficient (Wildman–Crippen LogP) is 0.472. The second-order valence-corrected chi connectivity index (χ2v) is 3.51. The van der Waals surface area contributed by atoms with Crippen LogP contribution in [0.15, 0.2) is 24.3 Å². The van der Waals surface area contributed by atoms with Crippen LogP contribution in [0.4, 0.5) is 0 Å². The third-order valence-electron chi connectivity index (χ3n) is 2.20. The molecule has 0 spiro atoms. The third kappa shape index (κ3) is 3.46. The Morgan fingerprint density at radius 1 is 1.41 bits per heavy atom. The average Bonchev–Trinajstić information content (AvgIpc) is 2.58. The zero-order chi connectivity index (χ0) is 12.8. The third-order valence-corrected chi connectivity index (χ3v) is 2.20. The van der Waals surface area contributed by atoms with Crippen LogP contribution in [0.1, 0.15) is 12.8 Å². The van der Waals surface area contributed by atoms with Gasteiger partial charge in [-0.15, -0.1) is 0 Å². The molecule has 1 aliphatic heterocycles. The second kappa shape index (κ2) is 5.86. The Kier molecular flexibility index (Phi) is 4.47. The molecule has 1 fully saturated rings. The summed E-state index contributed by atoms with van der Waals surface area (Å²) in [6, 6.07) is 0. The van der Waals surface area contributed by atoms with Gasteiger partial charge in [-0.25, -0.2) is 0 Å². The van der Waals surface area contributed by atoms with E-state index in [4.69, 9.17) is 10.6 Å². The molecule has 2 aliphatic rings. The van der Waals surface area contributed by atoms with Crippen molar-refractivity contribution in [2.75, 3.05) is 0 Å². The second-order valence-electron chi connectivity index (χ2n) is 3.51. The first-order valence-corrected chi connectivity index (χ1v) is 4.98. The largest absolute Gasteiger partial charge is 0.305 e.